The van der Waals surface area contributed by atoms with E-state index < -0.39 is 17.7 Å². The number of hydrogen-bond acceptors (Lipinski definition) is 5. The van der Waals surface area contributed by atoms with E-state index in [1.807, 2.05) is 0 Å². The third-order valence-electron chi connectivity index (χ3n) is 1.03. The first kappa shape index (κ1) is 15.5. The van der Waals surface area contributed by atoms with Crippen molar-refractivity contribution in [2.75, 3.05) is 13.2 Å². The normalized spacial score (nSPS) is 10.0. The molecule has 0 aliphatic carbocycles. The number of carbonyl (C=O) groups excluding carboxylic acids is 2. The molecule has 0 aromatic rings. The van der Waals surface area contributed by atoms with Gasteiger partial charge in [0.15, 0.2) is 0 Å². The number of aliphatic hydroxyl groups excluding tert-OH is 1. The van der Waals surface area contributed by atoms with Gasteiger partial charge in [-0.25, -0.2) is 9.59 Å². The Bertz CT molecular complexity index is 224. The van der Waals surface area contributed by atoms with Gasteiger partial charge in [0.25, 0.3) is 0 Å². The molecule has 0 atom stereocenters. The fourth-order valence-corrected chi connectivity index (χ4v) is 0.560. The minimum Gasteiger partial charge on any atom is -0.502 e. The van der Waals surface area contributed by atoms with E-state index in [0.29, 0.717) is 6.08 Å². The molecular formula is C8H12CuO5. The van der Waals surface area contributed by atoms with Crippen LogP contribution in [0.5, 0.6) is 0 Å². The Morgan fingerprint density at radius 3 is 2.14 bits per heavy atom. The Labute approximate surface area is 92.5 Å². The zero-order chi connectivity index (χ0) is 10.3. The van der Waals surface area contributed by atoms with Gasteiger partial charge in [-0.05, 0) is 13.8 Å². The molecule has 0 bridgehead atoms. The average molecular weight is 252 g/mol. The third kappa shape index (κ3) is 6.51. The summed E-state index contributed by atoms with van der Waals surface area (Å²) in [4.78, 5) is 21.4. The van der Waals surface area contributed by atoms with E-state index in [1.54, 1.807) is 13.8 Å². The van der Waals surface area contributed by atoms with Crippen LogP contribution >= 0.6 is 0 Å². The zero-order valence-electron chi connectivity index (χ0n) is 7.87. The van der Waals surface area contributed by atoms with Crippen LogP contribution in [0.2, 0.25) is 0 Å². The van der Waals surface area contributed by atoms with Crippen molar-refractivity contribution in [3.05, 3.63) is 11.8 Å². The summed E-state index contributed by atoms with van der Waals surface area (Å²) in [6.07, 6.45) is 0.682. The average Bonchev–Trinajstić information content (AvgIpc) is 2.05. The van der Waals surface area contributed by atoms with Gasteiger partial charge < -0.3 is 14.6 Å². The number of ether oxygens (including phenoxy) is 2. The van der Waals surface area contributed by atoms with Gasteiger partial charge >= 0.3 is 11.9 Å². The predicted molar refractivity (Wildman–Crippen MR) is 44.0 cm³/mol. The largest absolute Gasteiger partial charge is 0.502 e. The Kier molecular flexibility index (Phi) is 9.49. The van der Waals surface area contributed by atoms with Crippen molar-refractivity contribution in [1.29, 1.82) is 0 Å². The van der Waals surface area contributed by atoms with Crippen LogP contribution in [0.4, 0.5) is 0 Å². The van der Waals surface area contributed by atoms with E-state index >= 15 is 0 Å². The summed E-state index contributed by atoms with van der Waals surface area (Å²) >= 11 is 0. The van der Waals surface area contributed by atoms with Crippen molar-refractivity contribution in [1.82, 2.24) is 0 Å². The molecule has 0 unspecified atom stereocenters. The van der Waals surface area contributed by atoms with E-state index in [9.17, 15) is 9.59 Å². The summed E-state index contributed by atoms with van der Waals surface area (Å²) in [5, 5.41) is 8.93. The summed E-state index contributed by atoms with van der Waals surface area (Å²) < 4.78 is 8.88. The Hall–Kier alpha value is -1.00. The molecule has 6 heteroatoms. The smallest absolute Gasteiger partial charge is 0.373 e. The summed E-state index contributed by atoms with van der Waals surface area (Å²) in [5.74, 6) is -2.45. The van der Waals surface area contributed by atoms with Crippen LogP contribution in [0.3, 0.4) is 0 Å². The van der Waals surface area contributed by atoms with Crippen molar-refractivity contribution in [2.45, 2.75) is 13.8 Å². The zero-order valence-corrected chi connectivity index (χ0v) is 8.81. The van der Waals surface area contributed by atoms with Crippen LogP contribution in [-0.4, -0.2) is 30.3 Å². The van der Waals surface area contributed by atoms with Crippen molar-refractivity contribution >= 4 is 11.9 Å². The molecule has 0 aromatic heterocycles. The van der Waals surface area contributed by atoms with Gasteiger partial charge in [-0.2, -0.15) is 0 Å². The molecule has 0 amide bonds. The molecule has 0 saturated heterocycles. The summed E-state index contributed by atoms with van der Waals surface area (Å²) in [6, 6.07) is 0. The first-order valence-electron chi connectivity index (χ1n) is 3.86. The molecule has 85 valence electrons. The molecule has 1 radical (unpaired) electrons. The molecular weight excluding hydrogens is 240 g/mol. The van der Waals surface area contributed by atoms with Gasteiger partial charge in [-0.3, -0.25) is 0 Å². The summed E-state index contributed by atoms with van der Waals surface area (Å²) in [7, 11) is 0. The van der Waals surface area contributed by atoms with Crippen LogP contribution in [-0.2, 0) is 36.1 Å². The van der Waals surface area contributed by atoms with E-state index in [0.717, 1.165) is 0 Å². The second-order valence-corrected chi connectivity index (χ2v) is 2.00. The van der Waals surface area contributed by atoms with Gasteiger partial charge in [0.1, 0.15) is 0 Å². The number of carbonyl (C=O) groups is 2. The van der Waals surface area contributed by atoms with E-state index in [4.69, 9.17) is 5.11 Å². The van der Waals surface area contributed by atoms with Gasteiger partial charge in [-0.15, -0.1) is 0 Å². The molecule has 0 aliphatic rings. The van der Waals surface area contributed by atoms with Crippen molar-refractivity contribution in [3.63, 3.8) is 0 Å². The van der Waals surface area contributed by atoms with Gasteiger partial charge in [-0.1, -0.05) is 0 Å². The number of esters is 2. The van der Waals surface area contributed by atoms with Crippen LogP contribution in [0.1, 0.15) is 13.8 Å². The van der Waals surface area contributed by atoms with Crippen molar-refractivity contribution < 1.29 is 41.2 Å². The molecule has 0 spiro atoms. The molecule has 5 nitrogen and oxygen atoms in total. The van der Waals surface area contributed by atoms with E-state index in [1.165, 1.54) is 0 Å². The van der Waals surface area contributed by atoms with Gasteiger partial charge in [0.05, 0.1) is 19.3 Å². The molecule has 0 aromatic carbocycles. The standard InChI is InChI=1S/C8H12O5.Cu/c1-3-12-7(10)5-6(9)8(11)13-4-2;/h5,9H,3-4H2,1-2H3;/b6-5-;. The van der Waals surface area contributed by atoms with Gasteiger partial charge in [0.2, 0.25) is 5.76 Å². The topological polar surface area (TPSA) is 72.8 Å². The summed E-state index contributed by atoms with van der Waals surface area (Å²) in [5.41, 5.74) is 0. The Balaban J connectivity index is 0. The second kappa shape index (κ2) is 8.59. The molecule has 0 saturated carbocycles. The van der Waals surface area contributed by atoms with Crippen LogP contribution in [0.15, 0.2) is 11.8 Å². The first-order valence-corrected chi connectivity index (χ1v) is 3.86. The van der Waals surface area contributed by atoms with E-state index in [2.05, 4.69) is 9.47 Å². The van der Waals surface area contributed by atoms with Crippen LogP contribution in [0.25, 0.3) is 0 Å². The SMILES string of the molecule is CCOC(=O)/C=C(\O)C(=O)OCC.[Cu]. The monoisotopic (exact) mass is 251 g/mol. The molecule has 0 aliphatic heterocycles. The maximum absolute atomic E-state index is 10.7. The Morgan fingerprint density at radius 2 is 1.71 bits per heavy atom. The fourth-order valence-electron chi connectivity index (χ4n) is 0.560. The third-order valence-corrected chi connectivity index (χ3v) is 1.03. The number of hydrogen-bond donors (Lipinski definition) is 1. The van der Waals surface area contributed by atoms with Crippen molar-refractivity contribution in [2.24, 2.45) is 0 Å². The molecule has 0 heterocycles. The number of rotatable bonds is 4. The minimum atomic E-state index is -0.935. The summed E-state index contributed by atoms with van der Waals surface area (Å²) in [6.45, 7) is 3.54. The molecule has 14 heavy (non-hydrogen) atoms. The second-order valence-electron chi connectivity index (χ2n) is 2.00. The van der Waals surface area contributed by atoms with E-state index in [-0.39, 0.29) is 30.3 Å². The maximum atomic E-state index is 10.7. The quantitative estimate of drug-likeness (QED) is 0.342. The van der Waals surface area contributed by atoms with Crippen LogP contribution in [0, 0.1) is 0 Å². The molecule has 1 N–H and O–H groups in total. The number of aliphatic hydroxyl groups is 1. The van der Waals surface area contributed by atoms with Crippen LogP contribution < -0.4 is 0 Å². The fraction of sp³-hybridized carbons (Fsp3) is 0.500. The van der Waals surface area contributed by atoms with Gasteiger partial charge in [0, 0.05) is 17.1 Å². The van der Waals surface area contributed by atoms with Crippen molar-refractivity contribution in [3.8, 4) is 0 Å². The molecule has 0 rings (SSSR count). The predicted octanol–water partition coefficient (Wildman–Crippen LogP) is 0.552. The minimum absolute atomic E-state index is 0. The molecule has 0 fully saturated rings. The first-order chi connectivity index (χ1) is 6.11. The maximum Gasteiger partial charge on any atom is 0.373 e. The Morgan fingerprint density at radius 1 is 1.21 bits per heavy atom.